The van der Waals surface area contributed by atoms with Crippen molar-refractivity contribution in [2.75, 3.05) is 0 Å². The van der Waals surface area contributed by atoms with Crippen molar-refractivity contribution in [3.05, 3.63) is 107 Å². The molecule has 35 heavy (non-hydrogen) atoms. The molecule has 0 bridgehead atoms. The fraction of sp³-hybridized carbons (Fsp3) is 0.160. The first kappa shape index (κ1) is 24.7. The number of hydrogen-bond acceptors (Lipinski definition) is 6. The Bertz CT molecular complexity index is 1480. The molecule has 1 heterocycles. The number of nitrogens with zero attached hydrogens (tertiary/aromatic N) is 4. The lowest BCUT2D eigenvalue weighted by atomic mass is 10.2. The number of hydrogen-bond donors (Lipinski definition) is 0. The van der Waals surface area contributed by atoms with E-state index in [2.05, 4.69) is 41.9 Å². The van der Waals surface area contributed by atoms with Crippen molar-refractivity contribution in [1.82, 2.24) is 9.66 Å². The number of ether oxygens (including phenoxy) is 1. The van der Waals surface area contributed by atoms with Gasteiger partial charge in [-0.25, -0.2) is 4.98 Å². The third-order valence-electron chi connectivity index (χ3n) is 5.16. The summed E-state index contributed by atoms with van der Waals surface area (Å²) < 4.78 is 8.65. The molecule has 0 amide bonds. The van der Waals surface area contributed by atoms with Crippen LogP contribution in [0.25, 0.3) is 10.9 Å². The van der Waals surface area contributed by atoms with E-state index in [9.17, 15) is 14.9 Å². The van der Waals surface area contributed by atoms with E-state index in [1.54, 1.807) is 18.2 Å². The van der Waals surface area contributed by atoms with Crippen LogP contribution in [0.15, 0.2) is 79.5 Å². The maximum atomic E-state index is 13.1. The Balaban J connectivity index is 1.65. The Morgan fingerprint density at radius 3 is 2.54 bits per heavy atom. The number of aryl methyl sites for hydroxylation is 1. The molecule has 4 rings (SSSR count). The van der Waals surface area contributed by atoms with Crippen LogP contribution in [-0.4, -0.2) is 20.8 Å². The van der Waals surface area contributed by atoms with Crippen LogP contribution in [0.3, 0.4) is 0 Å². The van der Waals surface area contributed by atoms with Crippen LogP contribution in [0.5, 0.6) is 5.75 Å². The van der Waals surface area contributed by atoms with E-state index in [0.29, 0.717) is 28.7 Å². The summed E-state index contributed by atoms with van der Waals surface area (Å²) in [5.41, 5.74) is 1.44. The van der Waals surface area contributed by atoms with Gasteiger partial charge in [0.15, 0.2) is 5.75 Å². The van der Waals surface area contributed by atoms with Gasteiger partial charge in [0.25, 0.3) is 5.56 Å². The zero-order valence-electron chi connectivity index (χ0n) is 18.6. The highest BCUT2D eigenvalue weighted by atomic mass is 79.9. The van der Waals surface area contributed by atoms with E-state index < -0.39 is 4.92 Å². The van der Waals surface area contributed by atoms with Crippen LogP contribution in [-0.2, 0) is 13.0 Å². The molecule has 0 unspecified atom stereocenters. The number of benzene rings is 3. The maximum Gasteiger partial charge on any atom is 0.311 e. The molecule has 0 N–H and O–H groups in total. The number of rotatable bonds is 8. The monoisotopic (exact) mass is 598 g/mol. The van der Waals surface area contributed by atoms with Gasteiger partial charge in [-0.3, -0.25) is 14.9 Å². The summed E-state index contributed by atoms with van der Waals surface area (Å²) >= 11 is 6.76. The average molecular weight is 600 g/mol. The molecule has 0 radical (unpaired) electrons. The molecule has 0 spiro atoms. The molecule has 0 aliphatic carbocycles. The Kier molecular flexibility index (Phi) is 7.72. The van der Waals surface area contributed by atoms with Gasteiger partial charge in [-0.1, -0.05) is 50.9 Å². The molecule has 0 fully saturated rings. The fourth-order valence-corrected chi connectivity index (χ4v) is 4.07. The van der Waals surface area contributed by atoms with Crippen molar-refractivity contribution >= 4 is 54.7 Å². The molecule has 178 valence electrons. The molecule has 0 saturated heterocycles. The van der Waals surface area contributed by atoms with Crippen molar-refractivity contribution in [1.29, 1.82) is 0 Å². The van der Waals surface area contributed by atoms with Gasteiger partial charge in [0, 0.05) is 27.0 Å². The van der Waals surface area contributed by atoms with Crippen molar-refractivity contribution in [2.45, 2.75) is 26.4 Å². The van der Waals surface area contributed by atoms with Crippen LogP contribution in [0.2, 0.25) is 0 Å². The summed E-state index contributed by atoms with van der Waals surface area (Å²) in [5, 5.41) is 16.5. The largest absolute Gasteiger partial charge is 0.482 e. The minimum Gasteiger partial charge on any atom is -0.482 e. The van der Waals surface area contributed by atoms with E-state index >= 15 is 0 Å². The van der Waals surface area contributed by atoms with E-state index in [-0.39, 0.29) is 23.6 Å². The molecule has 1 aromatic heterocycles. The first-order chi connectivity index (χ1) is 16.9. The lowest BCUT2D eigenvalue weighted by molar-refractivity contribution is -0.385. The van der Waals surface area contributed by atoms with Crippen molar-refractivity contribution < 1.29 is 9.66 Å². The van der Waals surface area contributed by atoms with Gasteiger partial charge < -0.3 is 4.74 Å². The minimum absolute atomic E-state index is 0.149. The summed E-state index contributed by atoms with van der Waals surface area (Å²) in [6, 6.07) is 17.4. The Morgan fingerprint density at radius 1 is 1.09 bits per heavy atom. The summed E-state index contributed by atoms with van der Waals surface area (Å²) in [5.74, 6) is 0.670. The quantitative estimate of drug-likeness (QED) is 0.135. The van der Waals surface area contributed by atoms with Gasteiger partial charge >= 0.3 is 5.69 Å². The second-order valence-corrected chi connectivity index (χ2v) is 9.53. The first-order valence-electron chi connectivity index (χ1n) is 10.8. The first-order valence-corrected chi connectivity index (χ1v) is 12.4. The third-order valence-corrected chi connectivity index (χ3v) is 6.18. The number of nitro groups is 1. The van der Waals surface area contributed by atoms with Gasteiger partial charge in [0.2, 0.25) is 0 Å². The van der Waals surface area contributed by atoms with Crippen LogP contribution < -0.4 is 10.3 Å². The molecule has 8 nitrogen and oxygen atoms in total. The van der Waals surface area contributed by atoms with Gasteiger partial charge in [0.05, 0.1) is 22.0 Å². The highest BCUT2D eigenvalue weighted by molar-refractivity contribution is 9.10. The molecule has 0 aliphatic rings. The Morgan fingerprint density at radius 2 is 1.83 bits per heavy atom. The molecular weight excluding hydrogens is 580 g/mol. The molecule has 3 aromatic carbocycles. The smallest absolute Gasteiger partial charge is 0.311 e. The van der Waals surface area contributed by atoms with E-state index in [4.69, 9.17) is 4.74 Å². The molecule has 0 aliphatic heterocycles. The molecule has 0 atom stereocenters. The number of halogens is 2. The Hall–Kier alpha value is -3.37. The molecule has 4 aromatic rings. The summed E-state index contributed by atoms with van der Waals surface area (Å²) in [6.45, 7) is 2.18. The highest BCUT2D eigenvalue weighted by Gasteiger charge is 2.16. The maximum absolute atomic E-state index is 13.1. The summed E-state index contributed by atoms with van der Waals surface area (Å²) in [6.07, 6.45) is 2.75. The normalized spacial score (nSPS) is 11.3. The minimum atomic E-state index is -0.502. The summed E-state index contributed by atoms with van der Waals surface area (Å²) in [4.78, 5) is 28.9. The lowest BCUT2D eigenvalue weighted by Crippen LogP contribution is -2.22. The van der Waals surface area contributed by atoms with Crippen LogP contribution in [0.4, 0.5) is 5.69 Å². The zero-order chi connectivity index (χ0) is 24.9. The van der Waals surface area contributed by atoms with Gasteiger partial charge in [-0.15, -0.1) is 0 Å². The molecule has 10 heteroatoms. The standard InChI is InChI=1S/C25H20Br2N4O4/c1-2-3-24-29-21-10-9-19(27)13-20(21)25(32)30(24)28-14-17-6-11-23(22(12-17)31(33)34)35-15-16-4-7-18(26)8-5-16/h4-14H,2-3,15H2,1H3. The number of fused-ring (bicyclic) bond motifs is 1. The van der Waals surface area contributed by atoms with Crippen molar-refractivity contribution in [3.63, 3.8) is 0 Å². The van der Waals surface area contributed by atoms with E-state index in [1.165, 1.54) is 23.0 Å². The van der Waals surface area contributed by atoms with Gasteiger partial charge in [-0.2, -0.15) is 9.78 Å². The van der Waals surface area contributed by atoms with Crippen molar-refractivity contribution in [2.24, 2.45) is 5.10 Å². The van der Waals surface area contributed by atoms with Crippen molar-refractivity contribution in [3.8, 4) is 5.75 Å². The van der Waals surface area contributed by atoms with Crippen LogP contribution in [0.1, 0.15) is 30.3 Å². The lowest BCUT2D eigenvalue weighted by Gasteiger charge is -2.09. The van der Waals surface area contributed by atoms with Gasteiger partial charge in [0.1, 0.15) is 12.4 Å². The molecule has 0 saturated carbocycles. The second-order valence-electron chi connectivity index (χ2n) is 7.70. The second kappa shape index (κ2) is 10.9. The third kappa shape index (κ3) is 5.83. The predicted molar refractivity (Wildman–Crippen MR) is 142 cm³/mol. The van der Waals surface area contributed by atoms with Gasteiger partial charge in [-0.05, 0) is 54.4 Å². The highest BCUT2D eigenvalue weighted by Crippen LogP contribution is 2.28. The van der Waals surface area contributed by atoms with E-state index in [0.717, 1.165) is 20.9 Å². The zero-order valence-corrected chi connectivity index (χ0v) is 21.8. The van der Waals surface area contributed by atoms with Crippen LogP contribution >= 0.6 is 31.9 Å². The Labute approximate surface area is 217 Å². The molecular formula is C25H20Br2N4O4. The average Bonchev–Trinajstić information content (AvgIpc) is 2.84. The summed E-state index contributed by atoms with van der Waals surface area (Å²) in [7, 11) is 0. The predicted octanol–water partition coefficient (Wildman–Crippen LogP) is 6.24. The SMILES string of the molecule is CCCc1nc2ccc(Br)cc2c(=O)n1N=Cc1ccc(OCc2ccc(Br)cc2)c([N+](=O)[O-])c1. The van der Waals surface area contributed by atoms with E-state index in [1.807, 2.05) is 37.3 Å². The van der Waals surface area contributed by atoms with Crippen LogP contribution in [0, 0.1) is 10.1 Å². The number of aromatic nitrogens is 2. The number of nitro benzene ring substituents is 1. The fourth-order valence-electron chi connectivity index (χ4n) is 3.44. The topological polar surface area (TPSA) is 99.6 Å².